The van der Waals surface area contributed by atoms with Crippen LogP contribution in [0.15, 0.2) is 24.3 Å². The van der Waals surface area contributed by atoms with E-state index in [1.54, 1.807) is 24.3 Å². The molecule has 0 aliphatic carbocycles. The number of rotatable bonds is 6. The summed E-state index contributed by atoms with van der Waals surface area (Å²) in [5.41, 5.74) is 6.78. The first kappa shape index (κ1) is 14.6. The summed E-state index contributed by atoms with van der Waals surface area (Å²) in [5.74, 6) is -0.0310. The predicted octanol–water partition coefficient (Wildman–Crippen LogP) is 3.36. The van der Waals surface area contributed by atoms with E-state index in [0.717, 1.165) is 12.8 Å². The number of benzene rings is 1. The van der Waals surface area contributed by atoms with Crippen molar-refractivity contribution < 1.29 is 4.79 Å². The molecule has 0 saturated heterocycles. The zero-order chi connectivity index (χ0) is 13.6. The van der Waals surface area contributed by atoms with E-state index in [1.165, 1.54) is 12.8 Å². The van der Waals surface area contributed by atoms with E-state index in [-0.39, 0.29) is 11.4 Å². The van der Waals surface area contributed by atoms with Gasteiger partial charge in [0.25, 0.3) is 5.91 Å². The van der Waals surface area contributed by atoms with Crippen molar-refractivity contribution in [3.05, 3.63) is 29.8 Å². The standard InChI is InChI=1S/C15H24N2O/c1-4-5-6-11-15(2,3)17-14(18)12-7-9-13(16)10-8-12/h7-10H,4-6,11,16H2,1-3H3,(H,17,18). The van der Waals surface area contributed by atoms with Gasteiger partial charge in [0.2, 0.25) is 0 Å². The Balaban J connectivity index is 2.55. The fraction of sp³-hybridized carbons (Fsp3) is 0.533. The third-order valence-electron chi connectivity index (χ3n) is 3.03. The molecule has 0 aromatic heterocycles. The molecule has 18 heavy (non-hydrogen) atoms. The second kappa shape index (κ2) is 6.43. The van der Waals surface area contributed by atoms with Crippen LogP contribution < -0.4 is 11.1 Å². The van der Waals surface area contributed by atoms with Crippen LogP contribution in [-0.4, -0.2) is 11.4 Å². The number of carbonyl (C=O) groups is 1. The van der Waals surface area contributed by atoms with E-state index in [0.29, 0.717) is 11.3 Å². The number of unbranched alkanes of at least 4 members (excludes halogenated alkanes) is 2. The summed E-state index contributed by atoms with van der Waals surface area (Å²) in [6, 6.07) is 7.01. The van der Waals surface area contributed by atoms with Crippen molar-refractivity contribution in [1.82, 2.24) is 5.32 Å². The van der Waals surface area contributed by atoms with Gasteiger partial charge in [-0.2, -0.15) is 0 Å². The summed E-state index contributed by atoms with van der Waals surface area (Å²) >= 11 is 0. The highest BCUT2D eigenvalue weighted by atomic mass is 16.1. The molecule has 3 N–H and O–H groups in total. The number of amides is 1. The van der Waals surface area contributed by atoms with Gasteiger partial charge < -0.3 is 11.1 Å². The molecular formula is C15H24N2O. The van der Waals surface area contributed by atoms with Crippen LogP contribution in [0.25, 0.3) is 0 Å². The molecule has 1 aromatic carbocycles. The molecule has 0 fully saturated rings. The summed E-state index contributed by atoms with van der Waals surface area (Å²) in [4.78, 5) is 12.1. The molecule has 0 aliphatic heterocycles. The van der Waals surface area contributed by atoms with Gasteiger partial charge in [-0.15, -0.1) is 0 Å². The molecule has 100 valence electrons. The van der Waals surface area contributed by atoms with Crippen LogP contribution in [0.5, 0.6) is 0 Å². The molecule has 0 radical (unpaired) electrons. The third kappa shape index (κ3) is 4.78. The van der Waals surface area contributed by atoms with Gasteiger partial charge in [-0.05, 0) is 44.5 Å². The average Bonchev–Trinajstić information content (AvgIpc) is 2.29. The van der Waals surface area contributed by atoms with Crippen LogP contribution in [0.2, 0.25) is 0 Å². The lowest BCUT2D eigenvalue weighted by molar-refractivity contribution is 0.0908. The Labute approximate surface area is 110 Å². The zero-order valence-electron chi connectivity index (χ0n) is 11.6. The molecule has 0 heterocycles. The topological polar surface area (TPSA) is 55.1 Å². The first-order chi connectivity index (χ1) is 8.44. The molecule has 1 rings (SSSR count). The van der Waals surface area contributed by atoms with E-state index in [9.17, 15) is 4.79 Å². The first-order valence-corrected chi connectivity index (χ1v) is 6.62. The third-order valence-corrected chi connectivity index (χ3v) is 3.03. The molecule has 0 bridgehead atoms. The molecule has 3 nitrogen and oxygen atoms in total. The second-order valence-electron chi connectivity index (χ2n) is 5.42. The normalized spacial score (nSPS) is 11.3. The maximum atomic E-state index is 12.1. The fourth-order valence-electron chi connectivity index (χ4n) is 1.89. The summed E-state index contributed by atoms with van der Waals surface area (Å²) in [6.45, 7) is 6.32. The lowest BCUT2D eigenvalue weighted by atomic mass is 9.96. The Morgan fingerprint density at radius 3 is 2.39 bits per heavy atom. The maximum absolute atomic E-state index is 12.1. The summed E-state index contributed by atoms with van der Waals surface area (Å²) in [6.07, 6.45) is 4.55. The molecule has 1 amide bonds. The minimum Gasteiger partial charge on any atom is -0.399 e. The SMILES string of the molecule is CCCCCC(C)(C)NC(=O)c1ccc(N)cc1. The van der Waals surface area contributed by atoms with Gasteiger partial charge in [-0.25, -0.2) is 0 Å². The van der Waals surface area contributed by atoms with Gasteiger partial charge >= 0.3 is 0 Å². The highest BCUT2D eigenvalue weighted by molar-refractivity contribution is 5.94. The van der Waals surface area contributed by atoms with Crippen LogP contribution in [-0.2, 0) is 0 Å². The summed E-state index contributed by atoms with van der Waals surface area (Å²) < 4.78 is 0. The number of nitrogen functional groups attached to an aromatic ring is 1. The number of hydrogen-bond donors (Lipinski definition) is 2. The largest absolute Gasteiger partial charge is 0.399 e. The van der Waals surface area contributed by atoms with Crippen LogP contribution in [0.4, 0.5) is 5.69 Å². The van der Waals surface area contributed by atoms with Crippen molar-refractivity contribution in [1.29, 1.82) is 0 Å². The van der Waals surface area contributed by atoms with Crippen molar-refractivity contribution in [2.45, 2.75) is 52.0 Å². The number of carbonyl (C=O) groups excluding carboxylic acids is 1. The molecule has 1 aromatic rings. The lowest BCUT2D eigenvalue weighted by Gasteiger charge is -2.26. The van der Waals surface area contributed by atoms with Crippen molar-refractivity contribution >= 4 is 11.6 Å². The quantitative estimate of drug-likeness (QED) is 0.599. The van der Waals surface area contributed by atoms with E-state index >= 15 is 0 Å². The molecule has 3 heteroatoms. The van der Waals surface area contributed by atoms with E-state index in [4.69, 9.17) is 5.73 Å². The minimum atomic E-state index is -0.159. The monoisotopic (exact) mass is 248 g/mol. The predicted molar refractivity (Wildman–Crippen MR) is 76.5 cm³/mol. The zero-order valence-corrected chi connectivity index (χ0v) is 11.6. The van der Waals surface area contributed by atoms with Crippen molar-refractivity contribution in [2.75, 3.05) is 5.73 Å². The number of nitrogens with two attached hydrogens (primary N) is 1. The van der Waals surface area contributed by atoms with Crippen LogP contribution in [0.3, 0.4) is 0 Å². The van der Waals surface area contributed by atoms with Crippen molar-refractivity contribution in [3.8, 4) is 0 Å². The summed E-state index contributed by atoms with van der Waals surface area (Å²) in [5, 5.41) is 3.07. The Kier molecular flexibility index (Phi) is 5.20. The maximum Gasteiger partial charge on any atom is 0.251 e. The lowest BCUT2D eigenvalue weighted by Crippen LogP contribution is -2.43. The Morgan fingerprint density at radius 1 is 1.22 bits per heavy atom. The van der Waals surface area contributed by atoms with E-state index in [2.05, 4.69) is 26.1 Å². The Bertz CT molecular complexity index is 382. The van der Waals surface area contributed by atoms with Crippen molar-refractivity contribution in [3.63, 3.8) is 0 Å². The second-order valence-corrected chi connectivity index (χ2v) is 5.42. The van der Waals surface area contributed by atoms with Gasteiger partial charge in [0.1, 0.15) is 0 Å². The van der Waals surface area contributed by atoms with Crippen LogP contribution in [0, 0.1) is 0 Å². The van der Waals surface area contributed by atoms with Crippen molar-refractivity contribution in [2.24, 2.45) is 0 Å². The molecule has 0 saturated carbocycles. The first-order valence-electron chi connectivity index (χ1n) is 6.62. The Hall–Kier alpha value is -1.51. The number of hydrogen-bond acceptors (Lipinski definition) is 2. The molecule has 0 atom stereocenters. The van der Waals surface area contributed by atoms with Gasteiger partial charge in [0, 0.05) is 16.8 Å². The number of nitrogens with one attached hydrogen (secondary N) is 1. The summed E-state index contributed by atoms with van der Waals surface area (Å²) in [7, 11) is 0. The van der Waals surface area contributed by atoms with Gasteiger partial charge in [-0.3, -0.25) is 4.79 Å². The highest BCUT2D eigenvalue weighted by Crippen LogP contribution is 2.15. The molecule has 0 unspecified atom stereocenters. The van der Waals surface area contributed by atoms with Crippen LogP contribution in [0.1, 0.15) is 56.8 Å². The highest BCUT2D eigenvalue weighted by Gasteiger charge is 2.20. The Morgan fingerprint density at radius 2 is 1.83 bits per heavy atom. The average molecular weight is 248 g/mol. The van der Waals surface area contributed by atoms with Crippen LogP contribution >= 0.6 is 0 Å². The molecule has 0 aliphatic rings. The van der Waals surface area contributed by atoms with Gasteiger partial charge in [-0.1, -0.05) is 26.2 Å². The molecular weight excluding hydrogens is 224 g/mol. The van der Waals surface area contributed by atoms with E-state index < -0.39 is 0 Å². The van der Waals surface area contributed by atoms with Gasteiger partial charge in [0.15, 0.2) is 0 Å². The fourth-order valence-corrected chi connectivity index (χ4v) is 1.89. The van der Waals surface area contributed by atoms with Gasteiger partial charge in [0.05, 0.1) is 0 Å². The van der Waals surface area contributed by atoms with E-state index in [1.807, 2.05) is 0 Å². The minimum absolute atomic E-state index is 0.0310. The smallest absolute Gasteiger partial charge is 0.251 e. The molecule has 0 spiro atoms. The number of anilines is 1.